The van der Waals surface area contributed by atoms with Crippen molar-refractivity contribution in [2.75, 3.05) is 13.7 Å². The molecule has 2 heterocycles. The van der Waals surface area contributed by atoms with Crippen LogP contribution in [0.1, 0.15) is 31.9 Å². The highest BCUT2D eigenvalue weighted by molar-refractivity contribution is 7.14. The molecule has 21 heavy (non-hydrogen) atoms. The van der Waals surface area contributed by atoms with Gasteiger partial charge in [0, 0.05) is 27.7 Å². The molecule has 0 saturated heterocycles. The number of amides is 1. The van der Waals surface area contributed by atoms with E-state index in [-0.39, 0.29) is 12.5 Å². The molecule has 110 valence electrons. The maximum atomic E-state index is 12.3. The van der Waals surface area contributed by atoms with E-state index in [4.69, 9.17) is 5.11 Å². The summed E-state index contributed by atoms with van der Waals surface area (Å²) in [5.74, 6) is 5.54. The van der Waals surface area contributed by atoms with Gasteiger partial charge in [0.2, 0.25) is 0 Å². The molecule has 5 heteroatoms. The van der Waals surface area contributed by atoms with E-state index in [1.807, 2.05) is 30.6 Å². The van der Waals surface area contributed by atoms with E-state index in [9.17, 15) is 4.79 Å². The van der Waals surface area contributed by atoms with Gasteiger partial charge in [0.1, 0.15) is 6.61 Å². The zero-order chi connectivity index (χ0) is 15.2. The highest BCUT2D eigenvalue weighted by atomic mass is 32.1. The highest BCUT2D eigenvalue weighted by Crippen LogP contribution is 2.21. The first-order valence-electron chi connectivity index (χ1n) is 6.65. The number of rotatable bonds is 4. The highest BCUT2D eigenvalue weighted by Gasteiger charge is 2.14. The van der Waals surface area contributed by atoms with Crippen LogP contribution in [0, 0.1) is 11.8 Å². The molecule has 2 aromatic rings. The van der Waals surface area contributed by atoms with Gasteiger partial charge in [-0.25, -0.2) is 0 Å². The average Bonchev–Trinajstić information content (AvgIpc) is 3.13. The number of hydrogen-bond acceptors (Lipinski definition) is 4. The fourth-order valence-corrected chi connectivity index (χ4v) is 3.66. The monoisotopic (exact) mass is 319 g/mol. The van der Waals surface area contributed by atoms with Crippen LogP contribution in [0.4, 0.5) is 0 Å². The van der Waals surface area contributed by atoms with Crippen LogP contribution in [0.2, 0.25) is 0 Å². The Labute approximate surface area is 132 Å². The minimum absolute atomic E-state index is 0.0519. The van der Waals surface area contributed by atoms with Crippen LogP contribution >= 0.6 is 22.7 Å². The van der Waals surface area contributed by atoms with Crippen molar-refractivity contribution in [2.24, 2.45) is 0 Å². The van der Waals surface area contributed by atoms with Crippen LogP contribution in [-0.2, 0) is 13.0 Å². The van der Waals surface area contributed by atoms with Gasteiger partial charge < -0.3 is 10.0 Å². The number of aliphatic hydroxyl groups excluding tert-OH is 1. The molecule has 0 aromatic carbocycles. The maximum absolute atomic E-state index is 12.3. The summed E-state index contributed by atoms with van der Waals surface area (Å²) < 4.78 is 0. The topological polar surface area (TPSA) is 40.5 Å². The number of aryl methyl sites for hydroxylation is 1. The molecular formula is C16H17NO2S2. The Balaban J connectivity index is 2.01. The van der Waals surface area contributed by atoms with E-state index >= 15 is 0 Å². The normalized spacial score (nSPS) is 10.0. The Kier molecular flexibility index (Phi) is 5.57. The lowest BCUT2D eigenvalue weighted by atomic mass is 10.3. The van der Waals surface area contributed by atoms with E-state index in [0.717, 1.165) is 21.7 Å². The quantitative estimate of drug-likeness (QED) is 0.880. The first-order valence-corrected chi connectivity index (χ1v) is 8.35. The summed E-state index contributed by atoms with van der Waals surface area (Å²) in [7, 11) is 1.81. The van der Waals surface area contributed by atoms with Gasteiger partial charge in [-0.3, -0.25) is 4.79 Å². The predicted octanol–water partition coefficient (Wildman–Crippen LogP) is 2.99. The van der Waals surface area contributed by atoms with Gasteiger partial charge in [0.05, 0.1) is 11.4 Å². The zero-order valence-electron chi connectivity index (χ0n) is 12.0. The molecule has 1 N–H and O–H groups in total. The second-order valence-corrected chi connectivity index (χ2v) is 6.71. The van der Waals surface area contributed by atoms with Crippen molar-refractivity contribution in [3.8, 4) is 11.8 Å². The Morgan fingerprint density at radius 3 is 2.86 bits per heavy atom. The molecule has 0 aliphatic heterocycles. The Hall–Kier alpha value is -1.61. The molecule has 0 spiro atoms. The molecule has 3 nitrogen and oxygen atoms in total. The van der Waals surface area contributed by atoms with Gasteiger partial charge in [-0.05, 0) is 24.6 Å². The lowest BCUT2D eigenvalue weighted by Crippen LogP contribution is -2.24. The average molecular weight is 319 g/mol. The number of hydrogen-bond donors (Lipinski definition) is 1. The SMILES string of the molecule is CCc1ccc(C(=O)N(C)Cc2cc(C#CCO)cs2)s1. The van der Waals surface area contributed by atoms with Crippen molar-refractivity contribution >= 4 is 28.6 Å². The third-order valence-corrected chi connectivity index (χ3v) is 5.07. The number of carbonyl (C=O) groups excluding carboxylic acids is 1. The van der Waals surface area contributed by atoms with Gasteiger partial charge in [0.15, 0.2) is 0 Å². The predicted molar refractivity (Wildman–Crippen MR) is 87.8 cm³/mol. The van der Waals surface area contributed by atoms with Gasteiger partial charge in [-0.2, -0.15) is 0 Å². The number of aliphatic hydroxyl groups is 1. The minimum Gasteiger partial charge on any atom is -0.384 e. The Bertz CT molecular complexity index is 676. The van der Waals surface area contributed by atoms with Gasteiger partial charge in [0.25, 0.3) is 5.91 Å². The molecule has 0 saturated carbocycles. The van der Waals surface area contributed by atoms with E-state index in [1.54, 1.807) is 27.6 Å². The van der Waals surface area contributed by atoms with Crippen LogP contribution < -0.4 is 0 Å². The van der Waals surface area contributed by atoms with E-state index in [0.29, 0.717) is 6.54 Å². The van der Waals surface area contributed by atoms with Crippen LogP contribution in [0.3, 0.4) is 0 Å². The smallest absolute Gasteiger partial charge is 0.263 e. The molecule has 1 amide bonds. The Morgan fingerprint density at radius 1 is 1.38 bits per heavy atom. The van der Waals surface area contributed by atoms with Crippen molar-refractivity contribution in [1.29, 1.82) is 0 Å². The maximum Gasteiger partial charge on any atom is 0.263 e. The number of carbonyl (C=O) groups is 1. The van der Waals surface area contributed by atoms with E-state index in [1.165, 1.54) is 4.88 Å². The molecule has 0 fully saturated rings. The van der Waals surface area contributed by atoms with Crippen molar-refractivity contribution < 1.29 is 9.90 Å². The van der Waals surface area contributed by atoms with Crippen LogP contribution in [0.25, 0.3) is 0 Å². The van der Waals surface area contributed by atoms with Crippen LogP contribution in [-0.4, -0.2) is 29.6 Å². The lowest BCUT2D eigenvalue weighted by Gasteiger charge is -2.14. The van der Waals surface area contributed by atoms with Crippen molar-refractivity contribution in [3.05, 3.63) is 43.8 Å². The molecule has 2 aromatic heterocycles. The van der Waals surface area contributed by atoms with E-state index in [2.05, 4.69) is 18.8 Å². The summed E-state index contributed by atoms with van der Waals surface area (Å²) in [5.41, 5.74) is 0.884. The molecule has 0 aliphatic rings. The standard InChI is InChI=1S/C16H17NO2S2/c1-3-13-6-7-15(21-13)16(19)17(2)10-14-9-12(11-20-14)5-4-8-18/h6-7,9,11,18H,3,8,10H2,1-2H3. The van der Waals surface area contributed by atoms with Gasteiger partial charge in [-0.1, -0.05) is 18.8 Å². The van der Waals surface area contributed by atoms with E-state index < -0.39 is 0 Å². The summed E-state index contributed by atoms with van der Waals surface area (Å²) in [6.07, 6.45) is 0.958. The largest absolute Gasteiger partial charge is 0.384 e. The fourth-order valence-electron chi connectivity index (χ4n) is 1.85. The number of nitrogens with zero attached hydrogens (tertiary/aromatic N) is 1. The summed E-state index contributed by atoms with van der Waals surface area (Å²) in [6, 6.07) is 5.87. The number of thiophene rings is 2. The Morgan fingerprint density at radius 2 is 2.19 bits per heavy atom. The second kappa shape index (κ2) is 7.41. The lowest BCUT2D eigenvalue weighted by molar-refractivity contribution is 0.0791. The fraction of sp³-hybridized carbons (Fsp3) is 0.312. The molecular weight excluding hydrogens is 302 g/mol. The second-order valence-electron chi connectivity index (χ2n) is 4.54. The third-order valence-electron chi connectivity index (χ3n) is 2.93. The summed E-state index contributed by atoms with van der Waals surface area (Å²) >= 11 is 3.13. The van der Waals surface area contributed by atoms with Crippen molar-refractivity contribution in [1.82, 2.24) is 4.90 Å². The summed E-state index contributed by atoms with van der Waals surface area (Å²) in [6.45, 7) is 2.52. The summed E-state index contributed by atoms with van der Waals surface area (Å²) in [4.78, 5) is 17.2. The molecule has 0 unspecified atom stereocenters. The molecule has 0 radical (unpaired) electrons. The first kappa shape index (κ1) is 15.8. The minimum atomic E-state index is -0.137. The van der Waals surface area contributed by atoms with Crippen molar-refractivity contribution in [3.63, 3.8) is 0 Å². The van der Waals surface area contributed by atoms with Gasteiger partial charge >= 0.3 is 0 Å². The zero-order valence-corrected chi connectivity index (χ0v) is 13.7. The molecule has 2 rings (SSSR count). The van der Waals surface area contributed by atoms with Crippen LogP contribution in [0.5, 0.6) is 0 Å². The van der Waals surface area contributed by atoms with Crippen molar-refractivity contribution in [2.45, 2.75) is 19.9 Å². The third kappa shape index (κ3) is 4.18. The van der Waals surface area contributed by atoms with Gasteiger partial charge in [-0.15, -0.1) is 22.7 Å². The first-order chi connectivity index (χ1) is 10.1. The summed E-state index contributed by atoms with van der Waals surface area (Å²) in [5, 5.41) is 10.6. The molecule has 0 bridgehead atoms. The molecule has 0 aliphatic carbocycles. The van der Waals surface area contributed by atoms with Crippen LogP contribution in [0.15, 0.2) is 23.6 Å². The molecule has 0 atom stereocenters.